The number of aliphatic hydroxyl groups is 1. The Balaban J connectivity index is 1.66. The lowest BCUT2D eigenvalue weighted by Crippen LogP contribution is -2.12. The predicted molar refractivity (Wildman–Crippen MR) is 124 cm³/mol. The SMILES string of the molecule is C[C@H](CC(=O)c1cc(C#CCCO)ncn1)c1ncc(C(=O)Nc2ccc(Cl)c(C(F)(F)F)c2)s1. The zero-order valence-electron chi connectivity index (χ0n) is 18.2. The van der Waals surface area contributed by atoms with Gasteiger partial charge in [0.15, 0.2) is 5.78 Å². The Morgan fingerprint density at radius 2 is 2.00 bits per heavy atom. The maximum atomic E-state index is 13.0. The number of nitrogens with one attached hydrogen (secondary N) is 1. The van der Waals surface area contributed by atoms with E-state index in [-0.39, 0.29) is 47.4 Å². The summed E-state index contributed by atoms with van der Waals surface area (Å²) in [6.07, 6.45) is -1.79. The summed E-state index contributed by atoms with van der Waals surface area (Å²) >= 11 is 6.64. The van der Waals surface area contributed by atoms with Gasteiger partial charge in [-0.15, -0.1) is 11.3 Å². The summed E-state index contributed by atoms with van der Waals surface area (Å²) < 4.78 is 39.1. The highest BCUT2D eigenvalue weighted by atomic mass is 35.5. The molecule has 0 saturated heterocycles. The van der Waals surface area contributed by atoms with Gasteiger partial charge in [0.2, 0.25) is 0 Å². The third-order valence-electron chi connectivity index (χ3n) is 4.60. The Bertz CT molecular complexity index is 1300. The van der Waals surface area contributed by atoms with Crippen LogP contribution in [0.4, 0.5) is 18.9 Å². The lowest BCUT2D eigenvalue weighted by molar-refractivity contribution is -0.137. The first-order valence-corrected chi connectivity index (χ1v) is 11.4. The summed E-state index contributed by atoms with van der Waals surface area (Å²) in [6.45, 7) is 1.68. The van der Waals surface area contributed by atoms with Crippen LogP contribution in [0.5, 0.6) is 0 Å². The molecule has 0 saturated carbocycles. The minimum absolute atomic E-state index is 0.0568. The van der Waals surface area contributed by atoms with Crippen molar-refractivity contribution < 1.29 is 27.9 Å². The van der Waals surface area contributed by atoms with Crippen LogP contribution in [-0.2, 0) is 6.18 Å². The van der Waals surface area contributed by atoms with E-state index in [2.05, 4.69) is 32.1 Å². The molecule has 1 amide bonds. The Labute approximate surface area is 207 Å². The van der Waals surface area contributed by atoms with E-state index in [1.165, 1.54) is 24.7 Å². The number of ketones is 1. The second kappa shape index (κ2) is 11.4. The first-order chi connectivity index (χ1) is 16.6. The summed E-state index contributed by atoms with van der Waals surface area (Å²) in [6, 6.07) is 4.54. The quantitative estimate of drug-likeness (QED) is 0.335. The third-order valence-corrected chi connectivity index (χ3v) is 6.15. The minimum Gasteiger partial charge on any atom is -0.395 e. The van der Waals surface area contributed by atoms with E-state index in [4.69, 9.17) is 16.7 Å². The number of hydrogen-bond acceptors (Lipinski definition) is 7. The molecule has 0 aliphatic rings. The smallest absolute Gasteiger partial charge is 0.395 e. The zero-order chi connectivity index (χ0) is 25.6. The van der Waals surface area contributed by atoms with Crippen molar-refractivity contribution in [1.29, 1.82) is 0 Å². The van der Waals surface area contributed by atoms with E-state index in [0.717, 1.165) is 23.5 Å². The molecular formula is C23H18ClF3N4O3S. The van der Waals surface area contributed by atoms with Gasteiger partial charge < -0.3 is 10.4 Å². The fourth-order valence-electron chi connectivity index (χ4n) is 2.89. The highest BCUT2D eigenvalue weighted by molar-refractivity contribution is 7.13. The van der Waals surface area contributed by atoms with E-state index < -0.39 is 22.7 Å². The molecule has 2 N–H and O–H groups in total. The van der Waals surface area contributed by atoms with E-state index >= 15 is 0 Å². The molecule has 0 fully saturated rings. The number of anilines is 1. The van der Waals surface area contributed by atoms with Crippen molar-refractivity contribution in [3.05, 3.63) is 68.6 Å². The van der Waals surface area contributed by atoms with Crippen LogP contribution in [-0.4, -0.2) is 38.4 Å². The molecule has 0 aliphatic carbocycles. The van der Waals surface area contributed by atoms with Crippen molar-refractivity contribution in [2.75, 3.05) is 11.9 Å². The van der Waals surface area contributed by atoms with E-state index in [1.807, 2.05) is 0 Å². The molecule has 2 heterocycles. The number of aromatic nitrogens is 3. The topological polar surface area (TPSA) is 105 Å². The lowest BCUT2D eigenvalue weighted by atomic mass is 10.0. The number of halogens is 4. The van der Waals surface area contributed by atoms with Crippen molar-refractivity contribution in [2.45, 2.75) is 31.9 Å². The fourth-order valence-corrected chi connectivity index (χ4v) is 3.98. The summed E-state index contributed by atoms with van der Waals surface area (Å²) in [5, 5.41) is 11.2. The number of amides is 1. The van der Waals surface area contributed by atoms with Gasteiger partial charge in [-0.2, -0.15) is 13.2 Å². The maximum absolute atomic E-state index is 13.0. The van der Waals surface area contributed by atoms with Gasteiger partial charge >= 0.3 is 6.18 Å². The molecule has 12 heteroatoms. The van der Waals surface area contributed by atoms with Crippen molar-refractivity contribution >= 4 is 40.3 Å². The Hall–Kier alpha value is -3.33. The number of carbonyl (C=O) groups excluding carboxylic acids is 2. The van der Waals surface area contributed by atoms with Gasteiger partial charge in [-0.25, -0.2) is 15.0 Å². The van der Waals surface area contributed by atoms with Gasteiger partial charge in [-0.1, -0.05) is 24.4 Å². The number of rotatable bonds is 7. The van der Waals surface area contributed by atoms with Gasteiger partial charge in [0.05, 0.1) is 28.4 Å². The number of thiazole rings is 1. The maximum Gasteiger partial charge on any atom is 0.417 e. The zero-order valence-corrected chi connectivity index (χ0v) is 19.8. The number of benzene rings is 1. The Morgan fingerprint density at radius 3 is 2.71 bits per heavy atom. The summed E-state index contributed by atoms with van der Waals surface area (Å²) in [5.41, 5.74) is -0.584. The summed E-state index contributed by atoms with van der Waals surface area (Å²) in [5.74, 6) is 4.20. The molecular weight excluding hydrogens is 505 g/mol. The Morgan fingerprint density at radius 1 is 1.23 bits per heavy atom. The molecule has 2 aromatic heterocycles. The third kappa shape index (κ3) is 7.08. The van der Waals surface area contributed by atoms with Crippen LogP contribution in [0.3, 0.4) is 0 Å². The highest BCUT2D eigenvalue weighted by Gasteiger charge is 2.33. The lowest BCUT2D eigenvalue weighted by Gasteiger charge is -2.11. The number of hydrogen-bond donors (Lipinski definition) is 2. The number of Topliss-reactive ketones (excluding diaryl/α,β-unsaturated/α-hetero) is 1. The average molecular weight is 523 g/mol. The van der Waals surface area contributed by atoms with Gasteiger partial charge in [0, 0.05) is 30.5 Å². The predicted octanol–water partition coefficient (Wildman–Crippen LogP) is 4.97. The molecule has 35 heavy (non-hydrogen) atoms. The molecule has 3 rings (SSSR count). The van der Waals surface area contributed by atoms with Crippen LogP contribution in [0.2, 0.25) is 5.02 Å². The molecule has 7 nitrogen and oxygen atoms in total. The minimum atomic E-state index is -4.66. The first-order valence-electron chi connectivity index (χ1n) is 10.2. The monoisotopic (exact) mass is 522 g/mol. The molecule has 0 spiro atoms. The molecule has 0 radical (unpaired) electrons. The molecule has 182 valence electrons. The summed E-state index contributed by atoms with van der Waals surface area (Å²) in [7, 11) is 0. The van der Waals surface area contributed by atoms with Crippen LogP contribution >= 0.6 is 22.9 Å². The second-order valence-electron chi connectivity index (χ2n) is 7.30. The van der Waals surface area contributed by atoms with Crippen LogP contribution in [0.25, 0.3) is 0 Å². The van der Waals surface area contributed by atoms with Crippen molar-refractivity contribution in [2.24, 2.45) is 0 Å². The van der Waals surface area contributed by atoms with E-state index in [9.17, 15) is 22.8 Å². The molecule has 0 bridgehead atoms. The van der Waals surface area contributed by atoms with Crippen molar-refractivity contribution in [1.82, 2.24) is 15.0 Å². The molecule has 0 aliphatic heterocycles. The van der Waals surface area contributed by atoms with Crippen molar-refractivity contribution in [3.63, 3.8) is 0 Å². The largest absolute Gasteiger partial charge is 0.417 e. The van der Waals surface area contributed by atoms with Crippen LogP contribution in [0, 0.1) is 11.8 Å². The van der Waals surface area contributed by atoms with Gasteiger partial charge in [0.25, 0.3) is 5.91 Å². The van der Waals surface area contributed by atoms with Crippen molar-refractivity contribution in [3.8, 4) is 11.8 Å². The molecule has 0 unspecified atom stereocenters. The Kier molecular flexibility index (Phi) is 8.56. The van der Waals surface area contributed by atoms with Crippen LogP contribution < -0.4 is 5.32 Å². The first kappa shape index (κ1) is 26.3. The number of aliphatic hydroxyl groups excluding tert-OH is 1. The number of nitrogens with zero attached hydrogens (tertiary/aromatic N) is 3. The van der Waals surface area contributed by atoms with Crippen LogP contribution in [0.1, 0.15) is 62.1 Å². The normalized spacial score (nSPS) is 11.9. The molecule has 1 aromatic carbocycles. The molecule has 3 aromatic rings. The number of carbonyl (C=O) groups is 2. The molecule has 1 atom stereocenters. The van der Waals surface area contributed by atoms with Crippen LogP contribution in [0.15, 0.2) is 36.8 Å². The summed E-state index contributed by atoms with van der Waals surface area (Å²) in [4.78, 5) is 37.5. The standard InChI is InChI=1S/C23H18ClF3N4O3S/c1-13(8-19(33)18-10-14(29-12-30-18)4-2-3-7-32)22-28-11-20(35-22)21(34)31-15-5-6-17(24)16(9-15)23(25,26)27/h5-6,9-13,32H,3,7-8H2,1H3,(H,31,34)/t13-/m1/s1. The fraction of sp³-hybridized carbons (Fsp3) is 0.261. The highest BCUT2D eigenvalue weighted by Crippen LogP contribution is 2.36. The second-order valence-corrected chi connectivity index (χ2v) is 8.77. The van der Waals surface area contributed by atoms with Gasteiger partial charge in [-0.3, -0.25) is 9.59 Å². The van der Waals surface area contributed by atoms with E-state index in [1.54, 1.807) is 6.92 Å². The van der Waals surface area contributed by atoms with Gasteiger partial charge in [-0.05, 0) is 24.1 Å². The van der Waals surface area contributed by atoms with Gasteiger partial charge in [0.1, 0.15) is 22.6 Å². The average Bonchev–Trinajstić information content (AvgIpc) is 3.31. The van der Waals surface area contributed by atoms with E-state index in [0.29, 0.717) is 10.7 Å². The number of alkyl halides is 3.